The van der Waals surface area contributed by atoms with Crippen LogP contribution in [0.5, 0.6) is 0 Å². The summed E-state index contributed by atoms with van der Waals surface area (Å²) in [5.41, 5.74) is -0.703. The highest BCUT2D eigenvalue weighted by Crippen LogP contribution is 2.29. The molecule has 1 aliphatic rings. The number of hydrogen-bond acceptors (Lipinski definition) is 2. The first-order valence-corrected chi connectivity index (χ1v) is 6.15. The monoisotopic (exact) mass is 227 g/mol. The van der Waals surface area contributed by atoms with Gasteiger partial charge in [-0.3, -0.25) is 4.79 Å². The van der Waals surface area contributed by atoms with Crippen LogP contribution in [-0.2, 0) is 9.53 Å². The number of likely N-dealkylation sites (tertiary alicyclic amines) is 1. The number of rotatable bonds is 2. The van der Waals surface area contributed by atoms with Crippen molar-refractivity contribution in [3.05, 3.63) is 0 Å². The molecule has 1 amide bonds. The average Bonchev–Trinajstić information content (AvgIpc) is 2.22. The van der Waals surface area contributed by atoms with Gasteiger partial charge in [0.05, 0.1) is 0 Å². The fourth-order valence-corrected chi connectivity index (χ4v) is 2.42. The van der Waals surface area contributed by atoms with E-state index in [1.165, 1.54) is 6.42 Å². The normalized spacial score (nSPS) is 31.6. The lowest BCUT2D eigenvalue weighted by Crippen LogP contribution is -2.55. The van der Waals surface area contributed by atoms with E-state index >= 15 is 0 Å². The Morgan fingerprint density at radius 1 is 1.31 bits per heavy atom. The summed E-state index contributed by atoms with van der Waals surface area (Å²) in [6.45, 7) is 11.1. The van der Waals surface area contributed by atoms with Crippen LogP contribution in [0.25, 0.3) is 0 Å². The van der Waals surface area contributed by atoms with Gasteiger partial charge in [-0.25, -0.2) is 0 Å². The Balaban J connectivity index is 2.82. The average molecular weight is 227 g/mol. The maximum absolute atomic E-state index is 12.4. The summed E-state index contributed by atoms with van der Waals surface area (Å²) >= 11 is 0. The molecule has 3 atom stereocenters. The summed E-state index contributed by atoms with van der Waals surface area (Å²) in [6, 6.07) is 0.318. The number of carbonyl (C=O) groups is 1. The molecule has 1 aliphatic heterocycles. The van der Waals surface area contributed by atoms with Gasteiger partial charge in [0, 0.05) is 19.7 Å². The summed E-state index contributed by atoms with van der Waals surface area (Å²) in [7, 11) is 1.60. The Hall–Kier alpha value is -0.570. The lowest BCUT2D eigenvalue weighted by atomic mass is 9.85. The molecule has 1 fully saturated rings. The van der Waals surface area contributed by atoms with E-state index in [0.717, 1.165) is 6.54 Å². The quantitative estimate of drug-likeness (QED) is 0.724. The molecule has 0 saturated carbocycles. The second-order valence-corrected chi connectivity index (χ2v) is 5.73. The third-order valence-corrected chi connectivity index (χ3v) is 3.88. The van der Waals surface area contributed by atoms with Crippen LogP contribution in [0, 0.1) is 11.8 Å². The van der Waals surface area contributed by atoms with Crippen LogP contribution < -0.4 is 0 Å². The number of carbonyl (C=O) groups excluding carboxylic acids is 1. The topological polar surface area (TPSA) is 29.5 Å². The zero-order chi connectivity index (χ0) is 12.5. The molecule has 3 nitrogen and oxygen atoms in total. The number of hydrogen-bond donors (Lipinski definition) is 0. The Morgan fingerprint density at radius 3 is 2.38 bits per heavy atom. The van der Waals surface area contributed by atoms with Crippen molar-refractivity contribution in [2.45, 2.75) is 52.7 Å². The van der Waals surface area contributed by atoms with Gasteiger partial charge in [-0.2, -0.15) is 0 Å². The van der Waals surface area contributed by atoms with Crippen LogP contribution in [-0.4, -0.2) is 36.1 Å². The van der Waals surface area contributed by atoms with Crippen molar-refractivity contribution in [3.63, 3.8) is 0 Å². The van der Waals surface area contributed by atoms with E-state index in [0.29, 0.717) is 17.9 Å². The van der Waals surface area contributed by atoms with Gasteiger partial charge in [-0.05, 0) is 39.0 Å². The molecule has 3 unspecified atom stereocenters. The largest absolute Gasteiger partial charge is 0.369 e. The molecule has 94 valence electrons. The third-order valence-electron chi connectivity index (χ3n) is 3.88. The number of methoxy groups -OCH3 is 1. The minimum atomic E-state index is -0.703. The molecule has 0 aromatic carbocycles. The summed E-state index contributed by atoms with van der Waals surface area (Å²) in [6.07, 6.45) is 1.21. The molecule has 1 saturated heterocycles. The molecule has 16 heavy (non-hydrogen) atoms. The number of ether oxygens (including phenoxy) is 1. The van der Waals surface area contributed by atoms with Crippen molar-refractivity contribution < 1.29 is 9.53 Å². The summed E-state index contributed by atoms with van der Waals surface area (Å²) in [4.78, 5) is 14.3. The molecule has 1 heterocycles. The predicted molar refractivity (Wildman–Crippen MR) is 65.2 cm³/mol. The molecule has 0 aromatic heterocycles. The van der Waals surface area contributed by atoms with Crippen molar-refractivity contribution in [2.75, 3.05) is 13.7 Å². The number of nitrogens with zero attached hydrogens (tertiary/aromatic N) is 1. The van der Waals surface area contributed by atoms with E-state index in [2.05, 4.69) is 20.8 Å². The van der Waals surface area contributed by atoms with E-state index in [4.69, 9.17) is 4.74 Å². The smallest absolute Gasteiger partial charge is 0.254 e. The highest BCUT2D eigenvalue weighted by atomic mass is 16.5. The Labute approximate surface area is 99.1 Å². The third kappa shape index (κ3) is 2.57. The van der Waals surface area contributed by atoms with Crippen molar-refractivity contribution in [3.8, 4) is 0 Å². The van der Waals surface area contributed by atoms with Gasteiger partial charge in [0.2, 0.25) is 0 Å². The fourth-order valence-electron chi connectivity index (χ4n) is 2.42. The maximum Gasteiger partial charge on any atom is 0.254 e. The van der Waals surface area contributed by atoms with Crippen molar-refractivity contribution >= 4 is 5.91 Å². The second-order valence-electron chi connectivity index (χ2n) is 5.73. The summed E-state index contributed by atoms with van der Waals surface area (Å²) in [5, 5.41) is 0. The molecule has 0 bridgehead atoms. The molecule has 0 radical (unpaired) electrons. The fraction of sp³-hybridized carbons (Fsp3) is 0.923. The number of piperidine rings is 1. The van der Waals surface area contributed by atoms with Gasteiger partial charge < -0.3 is 9.64 Å². The van der Waals surface area contributed by atoms with Crippen LogP contribution >= 0.6 is 0 Å². The minimum absolute atomic E-state index is 0.112. The highest BCUT2D eigenvalue weighted by Gasteiger charge is 2.38. The zero-order valence-electron chi connectivity index (χ0n) is 11.4. The standard InChI is InChI=1S/C13H25NO2/c1-9-7-10(2)11(3)14(8-9)12(15)13(4,5)16-6/h9-11H,7-8H2,1-6H3. The van der Waals surface area contributed by atoms with Crippen molar-refractivity contribution in [2.24, 2.45) is 11.8 Å². The van der Waals surface area contributed by atoms with Crippen LogP contribution in [0.15, 0.2) is 0 Å². The molecular formula is C13H25NO2. The SMILES string of the molecule is COC(C)(C)C(=O)N1CC(C)CC(C)C1C. The van der Waals surface area contributed by atoms with Crippen LogP contribution in [0.3, 0.4) is 0 Å². The van der Waals surface area contributed by atoms with Gasteiger partial charge in [0.1, 0.15) is 5.60 Å². The lowest BCUT2D eigenvalue weighted by Gasteiger charge is -2.43. The van der Waals surface area contributed by atoms with Crippen molar-refractivity contribution in [1.82, 2.24) is 4.90 Å². The van der Waals surface area contributed by atoms with Crippen LogP contribution in [0.1, 0.15) is 41.0 Å². The van der Waals surface area contributed by atoms with E-state index in [-0.39, 0.29) is 5.91 Å². The molecule has 0 spiro atoms. The second kappa shape index (κ2) is 4.74. The zero-order valence-corrected chi connectivity index (χ0v) is 11.4. The molecule has 0 aromatic rings. The molecule has 0 N–H and O–H groups in total. The van der Waals surface area contributed by atoms with Crippen molar-refractivity contribution in [1.29, 1.82) is 0 Å². The Morgan fingerprint density at radius 2 is 1.88 bits per heavy atom. The van der Waals surface area contributed by atoms with Crippen LogP contribution in [0.2, 0.25) is 0 Å². The van der Waals surface area contributed by atoms with Gasteiger partial charge in [-0.15, -0.1) is 0 Å². The molecule has 3 heteroatoms. The van der Waals surface area contributed by atoms with E-state index in [9.17, 15) is 4.79 Å². The van der Waals surface area contributed by atoms with Gasteiger partial charge >= 0.3 is 0 Å². The summed E-state index contributed by atoms with van der Waals surface area (Å²) < 4.78 is 5.28. The molecule has 0 aliphatic carbocycles. The Kier molecular flexibility index (Phi) is 4.00. The minimum Gasteiger partial charge on any atom is -0.369 e. The molecule has 1 rings (SSSR count). The van der Waals surface area contributed by atoms with E-state index < -0.39 is 5.60 Å². The number of amides is 1. The highest BCUT2D eigenvalue weighted by molar-refractivity contribution is 5.84. The first-order chi connectivity index (χ1) is 7.29. The van der Waals surface area contributed by atoms with E-state index in [1.807, 2.05) is 18.7 Å². The Bertz CT molecular complexity index is 263. The van der Waals surface area contributed by atoms with E-state index in [1.54, 1.807) is 7.11 Å². The first-order valence-electron chi connectivity index (χ1n) is 6.15. The van der Waals surface area contributed by atoms with Gasteiger partial charge in [0.15, 0.2) is 0 Å². The first kappa shape index (κ1) is 13.5. The maximum atomic E-state index is 12.4. The lowest BCUT2D eigenvalue weighted by molar-refractivity contribution is -0.157. The van der Waals surface area contributed by atoms with Crippen LogP contribution in [0.4, 0.5) is 0 Å². The predicted octanol–water partition coefficient (Wildman–Crippen LogP) is 2.30. The van der Waals surface area contributed by atoms with Gasteiger partial charge in [0.25, 0.3) is 5.91 Å². The molecular weight excluding hydrogens is 202 g/mol. The van der Waals surface area contributed by atoms with Gasteiger partial charge in [-0.1, -0.05) is 13.8 Å². The summed E-state index contributed by atoms with van der Waals surface area (Å²) in [5.74, 6) is 1.27.